The second-order valence-electron chi connectivity index (χ2n) is 7.34. The standard InChI is InChI=1S/C23H20F3N3O2S2/c1-2-14-6-8-16(9-7-14)27-19(30)13-33-22-28-18-10-11-32-20(18)21(31)29(22)17-5-3-4-15(12-17)23(24,25)26/h3-9,12H,2,10-11,13H2,1H3,(H,27,30). The summed E-state index contributed by atoms with van der Waals surface area (Å²) in [6, 6.07) is 12.0. The molecule has 0 spiro atoms. The number of hydrogen-bond donors (Lipinski definition) is 1. The minimum absolute atomic E-state index is 0.0487. The van der Waals surface area contributed by atoms with Crippen molar-refractivity contribution in [3.8, 4) is 5.69 Å². The predicted octanol–water partition coefficient (Wildman–Crippen LogP) is 5.19. The number of amides is 1. The zero-order valence-electron chi connectivity index (χ0n) is 17.6. The molecular formula is C23H20F3N3O2S2. The van der Waals surface area contributed by atoms with Gasteiger partial charge in [0.1, 0.15) is 0 Å². The van der Waals surface area contributed by atoms with Crippen LogP contribution in [0, 0.1) is 0 Å². The Morgan fingerprint density at radius 1 is 1.21 bits per heavy atom. The van der Waals surface area contributed by atoms with Crippen molar-refractivity contribution in [2.24, 2.45) is 0 Å². The highest BCUT2D eigenvalue weighted by molar-refractivity contribution is 8.00. The molecule has 0 saturated carbocycles. The van der Waals surface area contributed by atoms with Crippen LogP contribution in [0.25, 0.3) is 5.69 Å². The van der Waals surface area contributed by atoms with Crippen molar-refractivity contribution in [1.29, 1.82) is 0 Å². The van der Waals surface area contributed by atoms with E-state index in [1.54, 1.807) is 0 Å². The number of nitrogens with zero attached hydrogens (tertiary/aromatic N) is 2. The van der Waals surface area contributed by atoms with E-state index in [2.05, 4.69) is 10.3 Å². The smallest absolute Gasteiger partial charge is 0.325 e. The molecule has 2 heterocycles. The van der Waals surface area contributed by atoms with Crippen LogP contribution in [0.3, 0.4) is 0 Å². The third kappa shape index (κ3) is 5.27. The van der Waals surface area contributed by atoms with Crippen LogP contribution in [0.15, 0.2) is 63.4 Å². The van der Waals surface area contributed by atoms with E-state index in [9.17, 15) is 22.8 Å². The van der Waals surface area contributed by atoms with Crippen molar-refractivity contribution >= 4 is 35.1 Å². The number of halogens is 3. The second-order valence-corrected chi connectivity index (χ2v) is 9.39. The van der Waals surface area contributed by atoms with Crippen LogP contribution in [0.4, 0.5) is 18.9 Å². The monoisotopic (exact) mass is 491 g/mol. The van der Waals surface area contributed by atoms with Crippen molar-refractivity contribution < 1.29 is 18.0 Å². The van der Waals surface area contributed by atoms with E-state index in [0.29, 0.717) is 28.5 Å². The number of thioether (sulfide) groups is 2. The molecule has 10 heteroatoms. The minimum Gasteiger partial charge on any atom is -0.325 e. The lowest BCUT2D eigenvalue weighted by Crippen LogP contribution is -2.25. The number of carbonyl (C=O) groups excluding carboxylic acids is 1. The Morgan fingerprint density at radius 3 is 2.67 bits per heavy atom. The summed E-state index contributed by atoms with van der Waals surface area (Å²) in [5, 5.41) is 2.98. The summed E-state index contributed by atoms with van der Waals surface area (Å²) in [6.07, 6.45) is -3.05. The Balaban J connectivity index is 1.62. The molecule has 172 valence electrons. The molecule has 2 aromatic carbocycles. The number of benzene rings is 2. The third-order valence-electron chi connectivity index (χ3n) is 5.08. The molecule has 5 nitrogen and oxygen atoms in total. The van der Waals surface area contributed by atoms with Gasteiger partial charge in [-0.1, -0.05) is 36.9 Å². The van der Waals surface area contributed by atoms with Gasteiger partial charge in [0.05, 0.1) is 27.6 Å². The van der Waals surface area contributed by atoms with Crippen LogP contribution < -0.4 is 10.9 Å². The van der Waals surface area contributed by atoms with E-state index in [1.807, 2.05) is 31.2 Å². The fraction of sp³-hybridized carbons (Fsp3) is 0.261. The van der Waals surface area contributed by atoms with Gasteiger partial charge in [-0.25, -0.2) is 4.98 Å². The molecule has 3 aromatic rings. The Morgan fingerprint density at radius 2 is 1.97 bits per heavy atom. The maximum atomic E-state index is 13.2. The average Bonchev–Trinajstić information content (AvgIpc) is 3.27. The van der Waals surface area contributed by atoms with Crippen LogP contribution in [-0.2, 0) is 23.8 Å². The van der Waals surface area contributed by atoms with E-state index in [4.69, 9.17) is 0 Å². The molecule has 0 bridgehead atoms. The number of fused-ring (bicyclic) bond motifs is 1. The minimum atomic E-state index is -4.54. The summed E-state index contributed by atoms with van der Waals surface area (Å²) < 4.78 is 40.9. The van der Waals surface area contributed by atoms with Gasteiger partial charge in [-0.3, -0.25) is 14.2 Å². The molecule has 1 aliphatic rings. The molecule has 1 N–H and O–H groups in total. The zero-order chi connectivity index (χ0) is 23.6. The molecule has 0 saturated heterocycles. The highest BCUT2D eigenvalue weighted by Gasteiger charge is 2.31. The SMILES string of the molecule is CCc1ccc(NC(=O)CSc2nc3c(c(=O)n2-c2cccc(C(F)(F)F)c2)SCC3)cc1. The van der Waals surface area contributed by atoms with Crippen LogP contribution in [0.1, 0.15) is 23.7 Å². The lowest BCUT2D eigenvalue weighted by atomic mass is 10.1. The lowest BCUT2D eigenvalue weighted by Gasteiger charge is -2.15. The Labute approximate surface area is 196 Å². The Kier molecular flexibility index (Phi) is 6.85. The molecule has 0 radical (unpaired) electrons. The van der Waals surface area contributed by atoms with Crippen molar-refractivity contribution in [2.45, 2.75) is 36.0 Å². The summed E-state index contributed by atoms with van der Waals surface area (Å²) in [4.78, 5) is 30.6. The molecule has 33 heavy (non-hydrogen) atoms. The highest BCUT2D eigenvalue weighted by atomic mass is 32.2. The number of alkyl halides is 3. The van der Waals surface area contributed by atoms with Gasteiger partial charge in [0, 0.05) is 17.9 Å². The van der Waals surface area contributed by atoms with Crippen LogP contribution >= 0.6 is 23.5 Å². The van der Waals surface area contributed by atoms with Gasteiger partial charge in [0.25, 0.3) is 5.56 Å². The number of hydrogen-bond acceptors (Lipinski definition) is 5. The van der Waals surface area contributed by atoms with Crippen molar-refractivity contribution in [3.05, 3.63) is 75.7 Å². The molecule has 4 rings (SSSR count). The molecule has 1 aromatic heterocycles. The first kappa shape index (κ1) is 23.4. The van der Waals surface area contributed by atoms with Crippen molar-refractivity contribution in [3.63, 3.8) is 0 Å². The van der Waals surface area contributed by atoms with Gasteiger partial charge in [-0.15, -0.1) is 11.8 Å². The van der Waals surface area contributed by atoms with E-state index in [-0.39, 0.29) is 22.5 Å². The van der Waals surface area contributed by atoms with Gasteiger partial charge < -0.3 is 5.32 Å². The summed E-state index contributed by atoms with van der Waals surface area (Å²) in [7, 11) is 0. The molecule has 0 atom stereocenters. The number of aromatic nitrogens is 2. The molecule has 0 fully saturated rings. The largest absolute Gasteiger partial charge is 0.416 e. The fourth-order valence-corrected chi connectivity index (χ4v) is 5.24. The van der Waals surface area contributed by atoms with E-state index in [0.717, 1.165) is 35.9 Å². The number of nitrogens with one attached hydrogen (secondary N) is 1. The zero-order valence-corrected chi connectivity index (χ0v) is 19.2. The van der Waals surface area contributed by atoms with Crippen molar-refractivity contribution in [2.75, 3.05) is 16.8 Å². The van der Waals surface area contributed by atoms with Crippen molar-refractivity contribution in [1.82, 2.24) is 9.55 Å². The first-order valence-electron chi connectivity index (χ1n) is 10.2. The van der Waals surface area contributed by atoms with Crippen LogP contribution in [-0.4, -0.2) is 27.0 Å². The lowest BCUT2D eigenvalue weighted by molar-refractivity contribution is -0.137. The molecule has 0 unspecified atom stereocenters. The Hall–Kier alpha value is -2.72. The fourth-order valence-electron chi connectivity index (χ4n) is 3.39. The van der Waals surface area contributed by atoms with Gasteiger partial charge in [-0.2, -0.15) is 13.2 Å². The number of anilines is 1. The topological polar surface area (TPSA) is 64.0 Å². The highest BCUT2D eigenvalue weighted by Crippen LogP contribution is 2.33. The Bertz CT molecular complexity index is 1240. The maximum Gasteiger partial charge on any atom is 0.416 e. The first-order chi connectivity index (χ1) is 15.8. The number of rotatable bonds is 6. The quantitative estimate of drug-likeness (QED) is 0.380. The predicted molar refractivity (Wildman–Crippen MR) is 124 cm³/mol. The summed E-state index contributed by atoms with van der Waals surface area (Å²) >= 11 is 2.36. The van der Waals surface area contributed by atoms with Gasteiger partial charge >= 0.3 is 6.18 Å². The molecule has 0 aliphatic carbocycles. The van der Waals surface area contributed by atoms with Gasteiger partial charge in [0.15, 0.2) is 5.16 Å². The molecule has 1 amide bonds. The average molecular weight is 492 g/mol. The van der Waals surface area contributed by atoms with Crippen LogP contribution in [0.5, 0.6) is 0 Å². The molecule has 1 aliphatic heterocycles. The third-order valence-corrected chi connectivity index (χ3v) is 7.12. The second kappa shape index (κ2) is 9.64. The maximum absolute atomic E-state index is 13.2. The summed E-state index contributed by atoms with van der Waals surface area (Å²) in [5.41, 5.74) is 1.20. The van der Waals surface area contributed by atoms with Crippen LogP contribution in [0.2, 0.25) is 0 Å². The summed E-state index contributed by atoms with van der Waals surface area (Å²) in [5.74, 6) is 0.332. The van der Waals surface area contributed by atoms with E-state index < -0.39 is 17.3 Å². The van der Waals surface area contributed by atoms with Gasteiger partial charge in [0.2, 0.25) is 5.91 Å². The normalized spacial score (nSPS) is 13.1. The number of aryl methyl sites for hydroxylation is 2. The van der Waals surface area contributed by atoms with E-state index in [1.165, 1.54) is 28.5 Å². The van der Waals surface area contributed by atoms with E-state index >= 15 is 0 Å². The van der Waals surface area contributed by atoms with Gasteiger partial charge in [-0.05, 0) is 42.3 Å². The molecular weight excluding hydrogens is 471 g/mol. The number of carbonyl (C=O) groups is 1. The summed E-state index contributed by atoms with van der Waals surface area (Å²) in [6.45, 7) is 2.04. The first-order valence-corrected chi connectivity index (χ1v) is 12.2.